The summed E-state index contributed by atoms with van der Waals surface area (Å²) < 4.78 is 0. The summed E-state index contributed by atoms with van der Waals surface area (Å²) in [5.41, 5.74) is 6.04. The van der Waals surface area contributed by atoms with Crippen molar-refractivity contribution in [1.82, 2.24) is 14.7 Å². The van der Waals surface area contributed by atoms with Gasteiger partial charge in [-0.15, -0.1) is 0 Å². The highest BCUT2D eigenvalue weighted by atomic mass is 16.2. The predicted octanol–water partition coefficient (Wildman–Crippen LogP) is -0.0177. The molecule has 0 aliphatic carbocycles. The normalized spacial score (nSPS) is 19.8. The summed E-state index contributed by atoms with van der Waals surface area (Å²) in [5, 5.41) is 0. The van der Waals surface area contributed by atoms with Gasteiger partial charge in [-0.2, -0.15) is 0 Å². The lowest BCUT2D eigenvalue weighted by Crippen LogP contribution is -2.48. The molecule has 21 heavy (non-hydrogen) atoms. The van der Waals surface area contributed by atoms with Gasteiger partial charge in [-0.3, -0.25) is 14.5 Å². The zero-order valence-electron chi connectivity index (χ0n) is 13.8. The van der Waals surface area contributed by atoms with Crippen molar-refractivity contribution in [3.05, 3.63) is 0 Å². The van der Waals surface area contributed by atoms with E-state index in [-0.39, 0.29) is 17.7 Å². The van der Waals surface area contributed by atoms with Crippen LogP contribution in [0.4, 0.5) is 0 Å². The fourth-order valence-corrected chi connectivity index (χ4v) is 2.39. The molecule has 122 valence electrons. The molecule has 0 radical (unpaired) electrons. The Kier molecular flexibility index (Phi) is 7.11. The summed E-state index contributed by atoms with van der Waals surface area (Å²) in [7, 11) is 3.53. The zero-order valence-corrected chi connectivity index (χ0v) is 13.8. The average molecular weight is 298 g/mol. The average Bonchev–Trinajstić information content (AvgIpc) is 2.70. The highest BCUT2D eigenvalue weighted by Gasteiger charge is 2.27. The number of hydrogen-bond acceptors (Lipinski definition) is 4. The van der Waals surface area contributed by atoms with E-state index in [1.807, 2.05) is 11.8 Å². The molecular formula is C15H30N4O2. The van der Waals surface area contributed by atoms with Gasteiger partial charge in [0.15, 0.2) is 0 Å². The minimum atomic E-state index is -0.412. The fourth-order valence-electron chi connectivity index (χ4n) is 2.39. The number of hydrogen-bond donors (Lipinski definition) is 1. The van der Waals surface area contributed by atoms with Crippen LogP contribution in [0.15, 0.2) is 0 Å². The van der Waals surface area contributed by atoms with Gasteiger partial charge in [-0.1, -0.05) is 20.3 Å². The van der Waals surface area contributed by atoms with E-state index < -0.39 is 6.04 Å². The number of nitrogens with zero attached hydrogens (tertiary/aromatic N) is 3. The molecule has 6 nitrogen and oxygen atoms in total. The summed E-state index contributed by atoms with van der Waals surface area (Å²) in [6, 6.07) is -0.412. The number of amides is 2. The van der Waals surface area contributed by atoms with Crippen molar-refractivity contribution in [1.29, 1.82) is 0 Å². The van der Waals surface area contributed by atoms with E-state index in [0.29, 0.717) is 13.1 Å². The first-order chi connectivity index (χ1) is 9.86. The maximum atomic E-state index is 12.4. The lowest BCUT2D eigenvalue weighted by atomic mass is 9.99. The Bertz CT molecular complexity index is 360. The molecular weight excluding hydrogens is 268 g/mol. The van der Waals surface area contributed by atoms with Crippen LogP contribution in [0, 0.1) is 5.92 Å². The van der Waals surface area contributed by atoms with Gasteiger partial charge in [-0.25, -0.2) is 0 Å². The molecule has 0 aromatic carbocycles. The summed E-state index contributed by atoms with van der Waals surface area (Å²) >= 11 is 0. The summed E-state index contributed by atoms with van der Waals surface area (Å²) in [5.74, 6) is 0.350. The maximum absolute atomic E-state index is 12.4. The van der Waals surface area contributed by atoms with Crippen LogP contribution in [-0.2, 0) is 9.59 Å². The number of nitrogens with two attached hydrogens (primary N) is 1. The number of carbonyl (C=O) groups is 2. The highest BCUT2D eigenvalue weighted by Crippen LogP contribution is 2.11. The second-order valence-corrected chi connectivity index (χ2v) is 6.15. The van der Waals surface area contributed by atoms with Crippen LogP contribution < -0.4 is 5.73 Å². The molecule has 0 spiro atoms. The Labute approximate surface area is 128 Å². The molecule has 1 fully saturated rings. The molecule has 1 heterocycles. The second-order valence-electron chi connectivity index (χ2n) is 6.15. The number of likely N-dealkylation sites (N-methyl/N-ethyl adjacent to an activating group) is 1. The van der Waals surface area contributed by atoms with Crippen molar-refractivity contribution in [2.75, 3.05) is 46.8 Å². The zero-order chi connectivity index (χ0) is 16.0. The molecule has 0 aromatic heterocycles. The van der Waals surface area contributed by atoms with Crippen LogP contribution >= 0.6 is 0 Å². The van der Waals surface area contributed by atoms with Crippen LogP contribution in [-0.4, -0.2) is 79.4 Å². The molecule has 2 N–H and O–H groups in total. The van der Waals surface area contributed by atoms with E-state index in [1.165, 1.54) is 0 Å². The molecule has 0 saturated carbocycles. The molecule has 0 bridgehead atoms. The van der Waals surface area contributed by atoms with Crippen molar-refractivity contribution in [2.45, 2.75) is 32.7 Å². The molecule has 0 aromatic rings. The first kappa shape index (κ1) is 17.9. The van der Waals surface area contributed by atoms with Crippen LogP contribution in [0.3, 0.4) is 0 Å². The van der Waals surface area contributed by atoms with Gasteiger partial charge in [0, 0.05) is 40.3 Å². The molecule has 1 aliphatic heterocycles. The van der Waals surface area contributed by atoms with Crippen LogP contribution in [0.25, 0.3) is 0 Å². The quantitative estimate of drug-likeness (QED) is 0.774. The van der Waals surface area contributed by atoms with E-state index in [0.717, 1.165) is 32.5 Å². The molecule has 1 rings (SSSR count). The molecule has 1 saturated heterocycles. The van der Waals surface area contributed by atoms with Crippen molar-refractivity contribution in [3.63, 3.8) is 0 Å². The van der Waals surface area contributed by atoms with E-state index in [4.69, 9.17) is 5.73 Å². The van der Waals surface area contributed by atoms with Crippen molar-refractivity contribution >= 4 is 11.8 Å². The van der Waals surface area contributed by atoms with E-state index in [2.05, 4.69) is 11.8 Å². The smallest absolute Gasteiger partial charge is 0.239 e. The van der Waals surface area contributed by atoms with Crippen molar-refractivity contribution in [2.24, 2.45) is 11.7 Å². The van der Waals surface area contributed by atoms with E-state index >= 15 is 0 Å². The van der Waals surface area contributed by atoms with Crippen LogP contribution in [0.1, 0.15) is 26.7 Å². The Morgan fingerprint density at radius 1 is 1.19 bits per heavy atom. The van der Waals surface area contributed by atoms with Gasteiger partial charge in [-0.05, 0) is 12.3 Å². The SMILES string of the molecule is CC[C@H](C)[C@H](N)C(=O)N1CCCN(CC(=O)N(C)C)CC1. The third-order valence-electron chi connectivity index (χ3n) is 4.30. The summed E-state index contributed by atoms with van der Waals surface area (Å²) in [6.45, 7) is 7.46. The molecule has 0 unspecified atom stereocenters. The lowest BCUT2D eigenvalue weighted by Gasteiger charge is -2.27. The maximum Gasteiger partial charge on any atom is 0.239 e. The molecule has 1 aliphatic rings. The summed E-state index contributed by atoms with van der Waals surface area (Å²) in [6.07, 6.45) is 1.80. The minimum Gasteiger partial charge on any atom is -0.348 e. The van der Waals surface area contributed by atoms with Gasteiger partial charge < -0.3 is 15.5 Å². The van der Waals surface area contributed by atoms with Crippen LogP contribution in [0.5, 0.6) is 0 Å². The largest absolute Gasteiger partial charge is 0.348 e. The van der Waals surface area contributed by atoms with Gasteiger partial charge in [0.1, 0.15) is 0 Å². The fraction of sp³-hybridized carbons (Fsp3) is 0.867. The Balaban J connectivity index is 2.52. The Morgan fingerprint density at radius 3 is 2.43 bits per heavy atom. The Morgan fingerprint density at radius 2 is 1.86 bits per heavy atom. The van der Waals surface area contributed by atoms with E-state index in [1.54, 1.807) is 19.0 Å². The first-order valence-corrected chi connectivity index (χ1v) is 7.83. The molecule has 2 atom stereocenters. The van der Waals surface area contributed by atoms with Gasteiger partial charge in [0.2, 0.25) is 11.8 Å². The summed E-state index contributed by atoms with van der Waals surface area (Å²) in [4.78, 5) is 29.7. The van der Waals surface area contributed by atoms with Crippen molar-refractivity contribution < 1.29 is 9.59 Å². The third-order valence-corrected chi connectivity index (χ3v) is 4.30. The van der Waals surface area contributed by atoms with E-state index in [9.17, 15) is 9.59 Å². The van der Waals surface area contributed by atoms with Gasteiger partial charge in [0.25, 0.3) is 0 Å². The van der Waals surface area contributed by atoms with Crippen LogP contribution in [0.2, 0.25) is 0 Å². The van der Waals surface area contributed by atoms with Gasteiger partial charge >= 0.3 is 0 Å². The third kappa shape index (κ3) is 5.28. The minimum absolute atomic E-state index is 0.0464. The second kappa shape index (κ2) is 8.34. The monoisotopic (exact) mass is 298 g/mol. The predicted molar refractivity (Wildman–Crippen MR) is 83.8 cm³/mol. The standard InChI is InChI=1S/C15H30N4O2/c1-5-12(2)14(16)15(21)19-8-6-7-18(9-10-19)11-13(20)17(3)4/h12,14H,5-11,16H2,1-4H3/t12-,14-/m0/s1. The number of carbonyl (C=O) groups excluding carboxylic acids is 2. The Hall–Kier alpha value is -1.14. The highest BCUT2D eigenvalue weighted by molar-refractivity contribution is 5.82. The topological polar surface area (TPSA) is 69.9 Å². The molecule has 6 heteroatoms. The molecule has 2 amide bonds. The number of rotatable bonds is 5. The van der Waals surface area contributed by atoms with Gasteiger partial charge in [0.05, 0.1) is 12.6 Å². The first-order valence-electron chi connectivity index (χ1n) is 7.83. The van der Waals surface area contributed by atoms with Crippen molar-refractivity contribution in [3.8, 4) is 0 Å². The lowest BCUT2D eigenvalue weighted by molar-refractivity contribution is -0.133.